The Labute approximate surface area is 152 Å². The van der Waals surface area contributed by atoms with E-state index in [4.69, 9.17) is 9.73 Å². The molecule has 1 aliphatic heterocycles. The summed E-state index contributed by atoms with van der Waals surface area (Å²) >= 11 is 0. The van der Waals surface area contributed by atoms with Gasteiger partial charge in [-0.3, -0.25) is 0 Å². The van der Waals surface area contributed by atoms with E-state index >= 15 is 0 Å². The lowest BCUT2D eigenvalue weighted by atomic mass is 10.1. The first kappa shape index (κ1) is 19.7. The molecule has 1 aromatic rings. The Morgan fingerprint density at radius 1 is 1.36 bits per heavy atom. The molecule has 0 radical (unpaired) electrons. The number of nitrogens with one attached hydrogen (secondary N) is 2. The minimum Gasteiger partial charge on any atom is -0.383 e. The van der Waals surface area contributed by atoms with E-state index in [9.17, 15) is 0 Å². The summed E-state index contributed by atoms with van der Waals surface area (Å²) in [6.45, 7) is 10.2. The minimum absolute atomic E-state index is 0.420. The number of ether oxygens (including phenoxy) is 1. The summed E-state index contributed by atoms with van der Waals surface area (Å²) in [5.41, 5.74) is 1.24. The van der Waals surface area contributed by atoms with Crippen LogP contribution in [0.3, 0.4) is 0 Å². The molecule has 1 heterocycles. The molecule has 0 aliphatic carbocycles. The molecule has 1 aromatic carbocycles. The highest BCUT2D eigenvalue weighted by atomic mass is 16.5. The monoisotopic (exact) mass is 346 g/mol. The second-order valence-corrected chi connectivity index (χ2v) is 6.93. The number of nitrogens with zero attached hydrogens (tertiary/aromatic N) is 2. The van der Waals surface area contributed by atoms with Crippen LogP contribution in [0.4, 0.5) is 0 Å². The number of rotatable bonds is 9. The van der Waals surface area contributed by atoms with Gasteiger partial charge in [-0.25, -0.2) is 4.99 Å². The van der Waals surface area contributed by atoms with Gasteiger partial charge in [0, 0.05) is 32.8 Å². The van der Waals surface area contributed by atoms with Crippen LogP contribution in [-0.2, 0) is 11.3 Å². The zero-order valence-electron chi connectivity index (χ0n) is 16.0. The number of hydrogen-bond donors (Lipinski definition) is 2. The number of aliphatic imine (C=N–C) groups is 1. The lowest BCUT2D eigenvalue weighted by Crippen LogP contribution is -2.44. The van der Waals surface area contributed by atoms with Crippen molar-refractivity contribution in [2.45, 2.75) is 39.3 Å². The molecule has 0 aromatic heterocycles. The van der Waals surface area contributed by atoms with Crippen molar-refractivity contribution < 1.29 is 4.74 Å². The first-order valence-corrected chi connectivity index (χ1v) is 9.51. The van der Waals surface area contributed by atoms with Gasteiger partial charge in [-0.15, -0.1) is 0 Å². The maximum Gasteiger partial charge on any atom is 0.191 e. The Morgan fingerprint density at radius 3 is 2.88 bits per heavy atom. The highest BCUT2D eigenvalue weighted by molar-refractivity contribution is 5.80. The van der Waals surface area contributed by atoms with Gasteiger partial charge < -0.3 is 20.3 Å². The van der Waals surface area contributed by atoms with Gasteiger partial charge in [-0.05, 0) is 37.8 Å². The summed E-state index contributed by atoms with van der Waals surface area (Å²) in [4.78, 5) is 7.26. The van der Waals surface area contributed by atoms with Crippen molar-refractivity contribution in [1.82, 2.24) is 15.5 Å². The first-order valence-electron chi connectivity index (χ1n) is 9.51. The van der Waals surface area contributed by atoms with Crippen LogP contribution < -0.4 is 10.6 Å². The lowest BCUT2D eigenvalue weighted by molar-refractivity contribution is 0.159. The Kier molecular flexibility index (Phi) is 8.77. The normalized spacial score (nSPS) is 19.8. The largest absolute Gasteiger partial charge is 0.383 e. The highest BCUT2D eigenvalue weighted by Gasteiger charge is 2.22. The smallest absolute Gasteiger partial charge is 0.191 e. The molecular weight excluding hydrogens is 312 g/mol. The number of methoxy groups -OCH3 is 1. The van der Waals surface area contributed by atoms with Gasteiger partial charge in [0.2, 0.25) is 0 Å². The molecule has 2 atom stereocenters. The van der Waals surface area contributed by atoms with Crippen LogP contribution in [0.25, 0.3) is 0 Å². The third-order valence-electron chi connectivity index (χ3n) is 4.80. The summed E-state index contributed by atoms with van der Waals surface area (Å²) in [5.74, 6) is 1.60. The van der Waals surface area contributed by atoms with Crippen molar-refractivity contribution in [3.8, 4) is 0 Å². The van der Waals surface area contributed by atoms with E-state index in [1.807, 2.05) is 6.07 Å². The molecule has 5 nitrogen and oxygen atoms in total. The summed E-state index contributed by atoms with van der Waals surface area (Å²) in [7, 11) is 1.77. The summed E-state index contributed by atoms with van der Waals surface area (Å²) < 4.78 is 5.18. The number of hydrogen-bond acceptors (Lipinski definition) is 3. The molecule has 5 heteroatoms. The summed E-state index contributed by atoms with van der Waals surface area (Å²) in [5, 5.41) is 7.07. The summed E-state index contributed by atoms with van der Waals surface area (Å²) in [6.07, 6.45) is 2.33. The average Bonchev–Trinajstić information content (AvgIpc) is 3.10. The van der Waals surface area contributed by atoms with Crippen LogP contribution in [0.5, 0.6) is 0 Å². The molecule has 0 spiro atoms. The van der Waals surface area contributed by atoms with Crippen molar-refractivity contribution in [1.29, 1.82) is 0 Å². The fourth-order valence-electron chi connectivity index (χ4n) is 2.99. The van der Waals surface area contributed by atoms with Gasteiger partial charge in [0.05, 0.1) is 13.2 Å². The third-order valence-corrected chi connectivity index (χ3v) is 4.80. The van der Waals surface area contributed by atoms with Gasteiger partial charge in [-0.1, -0.05) is 37.3 Å². The molecule has 25 heavy (non-hydrogen) atoms. The molecule has 0 amide bonds. The molecule has 140 valence electrons. The third kappa shape index (κ3) is 7.45. The van der Waals surface area contributed by atoms with Gasteiger partial charge in [0.15, 0.2) is 5.96 Å². The molecule has 2 N–H and O–H groups in total. The zero-order chi connectivity index (χ0) is 17.9. The molecule has 1 aliphatic rings. The van der Waals surface area contributed by atoms with Crippen molar-refractivity contribution in [2.75, 3.05) is 39.9 Å². The quantitative estimate of drug-likeness (QED) is 0.533. The summed E-state index contributed by atoms with van der Waals surface area (Å²) in [6, 6.07) is 10.8. The molecular formula is C20H34N4O. The second-order valence-electron chi connectivity index (χ2n) is 6.93. The van der Waals surface area contributed by atoms with Crippen LogP contribution in [0.15, 0.2) is 35.3 Å². The number of benzene rings is 1. The van der Waals surface area contributed by atoms with E-state index in [0.717, 1.165) is 38.6 Å². The topological polar surface area (TPSA) is 48.9 Å². The van der Waals surface area contributed by atoms with Gasteiger partial charge in [0.1, 0.15) is 0 Å². The van der Waals surface area contributed by atoms with Gasteiger partial charge in [0.25, 0.3) is 0 Å². The van der Waals surface area contributed by atoms with Crippen LogP contribution in [0.1, 0.15) is 32.3 Å². The minimum atomic E-state index is 0.420. The fraction of sp³-hybridized carbons (Fsp3) is 0.650. The standard InChI is InChI=1S/C20H34N4O/c1-4-17(2)23-20(21-14-18-8-6-5-7-9-18)22-15-19-10-11-24(16-19)12-13-25-3/h5-9,17,19H,4,10-16H2,1-3H3,(H2,21,22,23)/t17-,19+/m0/s1. The Morgan fingerprint density at radius 2 is 2.16 bits per heavy atom. The Balaban J connectivity index is 1.84. The predicted molar refractivity (Wildman–Crippen MR) is 105 cm³/mol. The van der Waals surface area contributed by atoms with Crippen molar-refractivity contribution in [2.24, 2.45) is 10.9 Å². The van der Waals surface area contributed by atoms with Crippen molar-refractivity contribution >= 4 is 5.96 Å². The molecule has 0 unspecified atom stereocenters. The second kappa shape index (κ2) is 11.1. The van der Waals surface area contributed by atoms with Crippen LogP contribution >= 0.6 is 0 Å². The van der Waals surface area contributed by atoms with E-state index in [2.05, 4.69) is 53.6 Å². The maximum atomic E-state index is 5.18. The van der Waals surface area contributed by atoms with Crippen LogP contribution in [-0.4, -0.2) is 56.8 Å². The van der Waals surface area contributed by atoms with E-state index in [1.165, 1.54) is 18.5 Å². The van der Waals surface area contributed by atoms with Crippen LogP contribution in [0.2, 0.25) is 0 Å². The van der Waals surface area contributed by atoms with Gasteiger partial charge in [-0.2, -0.15) is 0 Å². The Bertz CT molecular complexity index is 506. The fourth-order valence-corrected chi connectivity index (χ4v) is 2.99. The van der Waals surface area contributed by atoms with Gasteiger partial charge >= 0.3 is 0 Å². The number of guanidine groups is 1. The molecule has 2 rings (SSSR count). The van der Waals surface area contributed by atoms with E-state index in [0.29, 0.717) is 18.5 Å². The van der Waals surface area contributed by atoms with E-state index in [-0.39, 0.29) is 0 Å². The molecule has 0 bridgehead atoms. The van der Waals surface area contributed by atoms with E-state index < -0.39 is 0 Å². The maximum absolute atomic E-state index is 5.18. The highest BCUT2D eigenvalue weighted by Crippen LogP contribution is 2.14. The molecule has 1 saturated heterocycles. The lowest BCUT2D eigenvalue weighted by Gasteiger charge is -2.20. The van der Waals surface area contributed by atoms with E-state index in [1.54, 1.807) is 7.11 Å². The predicted octanol–water partition coefficient (Wildman–Crippen LogP) is 2.49. The molecule has 1 fully saturated rings. The average molecular weight is 347 g/mol. The Hall–Kier alpha value is -1.59. The zero-order valence-corrected chi connectivity index (χ0v) is 16.0. The first-order chi connectivity index (χ1) is 12.2. The SMILES string of the molecule is CC[C@H](C)NC(=NCc1ccccc1)NC[C@H]1CCN(CCOC)C1. The van der Waals surface area contributed by atoms with Crippen molar-refractivity contribution in [3.63, 3.8) is 0 Å². The number of likely N-dealkylation sites (tertiary alicyclic amines) is 1. The van der Waals surface area contributed by atoms with Crippen LogP contribution in [0, 0.1) is 5.92 Å². The van der Waals surface area contributed by atoms with Crippen molar-refractivity contribution in [3.05, 3.63) is 35.9 Å². The molecule has 0 saturated carbocycles.